The van der Waals surface area contributed by atoms with Gasteiger partial charge >= 0.3 is 0 Å². The molecule has 3 nitrogen and oxygen atoms in total. The molecule has 0 unspecified atom stereocenters. The zero-order valence-corrected chi connectivity index (χ0v) is 5.74. The van der Waals surface area contributed by atoms with Gasteiger partial charge in [-0.3, -0.25) is 4.79 Å². The zero-order valence-electron chi connectivity index (χ0n) is 5.74. The molecule has 0 fully saturated rings. The van der Waals surface area contributed by atoms with E-state index in [1.807, 2.05) is 6.07 Å². The highest BCUT2D eigenvalue weighted by Crippen LogP contribution is 2.13. The molecule has 54 valence electrons. The van der Waals surface area contributed by atoms with E-state index in [4.69, 9.17) is 11.0 Å². The topological polar surface area (TPSA) is 66.9 Å². The smallest absolute Gasteiger partial charge is 0.152 e. The second kappa shape index (κ2) is 2.84. The summed E-state index contributed by atoms with van der Waals surface area (Å²) in [7, 11) is 0. The molecule has 0 saturated heterocycles. The molecule has 11 heavy (non-hydrogen) atoms. The van der Waals surface area contributed by atoms with Crippen LogP contribution in [0.2, 0.25) is 0 Å². The average molecular weight is 146 g/mol. The van der Waals surface area contributed by atoms with Gasteiger partial charge in [0, 0.05) is 5.56 Å². The Morgan fingerprint density at radius 1 is 1.55 bits per heavy atom. The van der Waals surface area contributed by atoms with Crippen LogP contribution in [0.4, 0.5) is 5.69 Å². The minimum atomic E-state index is 0.255. The van der Waals surface area contributed by atoms with Crippen LogP contribution in [0, 0.1) is 11.3 Å². The van der Waals surface area contributed by atoms with Gasteiger partial charge in [0.1, 0.15) is 6.07 Å². The number of carbonyl (C=O) groups is 1. The number of nitrogen functional groups attached to an aromatic ring is 1. The molecular formula is C8H6N2O. The molecule has 1 aromatic rings. The fraction of sp³-hybridized carbons (Fsp3) is 0. The van der Waals surface area contributed by atoms with Crippen LogP contribution in [0.1, 0.15) is 15.9 Å². The maximum Gasteiger partial charge on any atom is 0.152 e. The first-order chi connectivity index (χ1) is 5.29. The van der Waals surface area contributed by atoms with Crippen LogP contribution in [0.3, 0.4) is 0 Å². The molecule has 0 radical (unpaired) electrons. The van der Waals surface area contributed by atoms with E-state index in [2.05, 4.69) is 0 Å². The third kappa shape index (κ3) is 1.19. The normalized spacial score (nSPS) is 8.64. The number of para-hydroxylation sites is 1. The fourth-order valence-electron chi connectivity index (χ4n) is 0.783. The van der Waals surface area contributed by atoms with Crippen LogP contribution in [0.25, 0.3) is 0 Å². The van der Waals surface area contributed by atoms with Crippen molar-refractivity contribution in [2.45, 2.75) is 0 Å². The van der Waals surface area contributed by atoms with Crippen LogP contribution < -0.4 is 5.73 Å². The predicted octanol–water partition coefficient (Wildman–Crippen LogP) is 0.953. The van der Waals surface area contributed by atoms with Crippen molar-refractivity contribution < 1.29 is 4.79 Å². The van der Waals surface area contributed by atoms with Crippen molar-refractivity contribution in [3.63, 3.8) is 0 Å². The maximum atomic E-state index is 10.3. The number of rotatable bonds is 1. The van der Waals surface area contributed by atoms with Crippen molar-refractivity contribution in [1.29, 1.82) is 5.26 Å². The average Bonchev–Trinajstić information content (AvgIpc) is 2.05. The highest BCUT2D eigenvalue weighted by molar-refractivity contribution is 5.85. The number of aldehydes is 1. The molecule has 0 atom stereocenters. The summed E-state index contributed by atoms with van der Waals surface area (Å²) in [6.07, 6.45) is 0.635. The molecule has 0 amide bonds. The second-order valence-electron chi connectivity index (χ2n) is 2.04. The highest BCUT2D eigenvalue weighted by Gasteiger charge is 2.01. The molecule has 0 aliphatic rings. The van der Waals surface area contributed by atoms with Gasteiger partial charge in [-0.2, -0.15) is 5.26 Å². The third-order valence-corrected chi connectivity index (χ3v) is 1.39. The molecule has 0 aliphatic carbocycles. The molecule has 0 bridgehead atoms. The first-order valence-corrected chi connectivity index (χ1v) is 3.03. The van der Waals surface area contributed by atoms with Gasteiger partial charge in [0.25, 0.3) is 0 Å². The van der Waals surface area contributed by atoms with Crippen LogP contribution in [-0.2, 0) is 0 Å². The molecule has 3 heteroatoms. The molecule has 2 N–H and O–H groups in total. The summed E-state index contributed by atoms with van der Waals surface area (Å²) in [5, 5.41) is 8.49. The van der Waals surface area contributed by atoms with Gasteiger partial charge in [-0.15, -0.1) is 0 Å². The first-order valence-electron chi connectivity index (χ1n) is 3.03. The number of carbonyl (C=O) groups excluding carboxylic acids is 1. The van der Waals surface area contributed by atoms with Crippen LogP contribution in [-0.4, -0.2) is 6.29 Å². The standard InChI is InChI=1S/C8H6N2O/c9-4-6-2-1-3-7(5-11)8(6)10/h1-3,5H,10H2. The van der Waals surface area contributed by atoms with Gasteiger partial charge in [-0.05, 0) is 12.1 Å². The number of anilines is 1. The Kier molecular flexibility index (Phi) is 1.88. The van der Waals surface area contributed by atoms with Crippen LogP contribution in [0.5, 0.6) is 0 Å². The van der Waals surface area contributed by atoms with Crippen LogP contribution in [0.15, 0.2) is 18.2 Å². The third-order valence-electron chi connectivity index (χ3n) is 1.39. The summed E-state index contributed by atoms with van der Waals surface area (Å²) in [6.45, 7) is 0. The van der Waals surface area contributed by atoms with Gasteiger partial charge in [0.15, 0.2) is 6.29 Å². The lowest BCUT2D eigenvalue weighted by atomic mass is 10.1. The van der Waals surface area contributed by atoms with E-state index >= 15 is 0 Å². The molecule has 0 spiro atoms. The first kappa shape index (κ1) is 7.29. The van der Waals surface area contributed by atoms with E-state index in [9.17, 15) is 4.79 Å². The Bertz CT molecular complexity index is 325. The van der Waals surface area contributed by atoms with Crippen molar-refractivity contribution in [2.24, 2.45) is 0 Å². The van der Waals surface area contributed by atoms with Gasteiger partial charge in [-0.1, -0.05) is 6.07 Å². The van der Waals surface area contributed by atoms with E-state index in [0.29, 0.717) is 17.4 Å². The van der Waals surface area contributed by atoms with Crippen molar-refractivity contribution in [1.82, 2.24) is 0 Å². The molecule has 1 aromatic carbocycles. The molecule has 0 aliphatic heterocycles. The fourth-order valence-corrected chi connectivity index (χ4v) is 0.783. The number of benzene rings is 1. The van der Waals surface area contributed by atoms with Crippen molar-refractivity contribution in [3.05, 3.63) is 29.3 Å². The largest absolute Gasteiger partial charge is 0.397 e. The lowest BCUT2D eigenvalue weighted by Crippen LogP contribution is -1.95. The number of hydrogen-bond acceptors (Lipinski definition) is 3. The Hall–Kier alpha value is -1.82. The van der Waals surface area contributed by atoms with Crippen molar-refractivity contribution in [3.8, 4) is 6.07 Å². The quantitative estimate of drug-likeness (QED) is 0.473. The van der Waals surface area contributed by atoms with Gasteiger partial charge < -0.3 is 5.73 Å². The molecule has 0 saturated carbocycles. The SMILES string of the molecule is N#Cc1cccc(C=O)c1N. The minimum absolute atomic E-state index is 0.255. The van der Waals surface area contributed by atoms with E-state index in [1.165, 1.54) is 0 Å². The molecule has 1 rings (SSSR count). The summed E-state index contributed by atoms with van der Waals surface area (Å²) in [6, 6.07) is 6.65. The second-order valence-corrected chi connectivity index (χ2v) is 2.04. The molecule has 0 aromatic heterocycles. The van der Waals surface area contributed by atoms with Gasteiger partial charge in [0.2, 0.25) is 0 Å². The van der Waals surface area contributed by atoms with E-state index in [-0.39, 0.29) is 5.69 Å². The maximum absolute atomic E-state index is 10.3. The number of nitriles is 1. The van der Waals surface area contributed by atoms with E-state index in [0.717, 1.165) is 0 Å². The number of nitrogens with two attached hydrogens (primary N) is 1. The van der Waals surface area contributed by atoms with Crippen molar-refractivity contribution >= 4 is 12.0 Å². The zero-order chi connectivity index (χ0) is 8.27. The Morgan fingerprint density at radius 3 is 2.82 bits per heavy atom. The Balaban J connectivity index is 3.34. The minimum Gasteiger partial charge on any atom is -0.397 e. The lowest BCUT2D eigenvalue weighted by molar-refractivity contribution is 0.112. The summed E-state index contributed by atoms with van der Waals surface area (Å²) in [4.78, 5) is 10.3. The van der Waals surface area contributed by atoms with E-state index in [1.54, 1.807) is 18.2 Å². The summed E-state index contributed by atoms with van der Waals surface area (Å²) >= 11 is 0. The van der Waals surface area contributed by atoms with Crippen molar-refractivity contribution in [2.75, 3.05) is 5.73 Å². The molecule has 0 heterocycles. The lowest BCUT2D eigenvalue weighted by Gasteiger charge is -1.97. The predicted molar refractivity (Wildman–Crippen MR) is 41.0 cm³/mol. The number of hydrogen-bond donors (Lipinski definition) is 1. The molecular weight excluding hydrogens is 140 g/mol. The number of nitrogens with zero attached hydrogens (tertiary/aromatic N) is 1. The Labute approximate surface area is 64.1 Å². The summed E-state index contributed by atoms with van der Waals surface area (Å²) in [5.41, 5.74) is 6.41. The van der Waals surface area contributed by atoms with Gasteiger partial charge in [0.05, 0.1) is 11.3 Å². The van der Waals surface area contributed by atoms with Gasteiger partial charge in [-0.25, -0.2) is 0 Å². The summed E-state index contributed by atoms with van der Waals surface area (Å²) < 4.78 is 0. The Morgan fingerprint density at radius 2 is 2.27 bits per heavy atom. The van der Waals surface area contributed by atoms with E-state index < -0.39 is 0 Å². The monoisotopic (exact) mass is 146 g/mol. The highest BCUT2D eigenvalue weighted by atomic mass is 16.1. The van der Waals surface area contributed by atoms with Crippen LogP contribution >= 0.6 is 0 Å². The summed E-state index contributed by atoms with van der Waals surface area (Å²) in [5.74, 6) is 0.